The molecule has 1 atom stereocenters. The van der Waals surface area contributed by atoms with Gasteiger partial charge >= 0.3 is 0 Å². The Balaban J connectivity index is 1.56. The van der Waals surface area contributed by atoms with Crippen LogP contribution in [-0.2, 0) is 16.0 Å². The summed E-state index contributed by atoms with van der Waals surface area (Å²) in [7, 11) is 0. The lowest BCUT2D eigenvalue weighted by Gasteiger charge is -2.30. The van der Waals surface area contributed by atoms with E-state index in [1.54, 1.807) is 35.2 Å². The number of amides is 2. The van der Waals surface area contributed by atoms with E-state index in [-0.39, 0.29) is 23.8 Å². The maximum absolute atomic E-state index is 13.3. The molecule has 1 aromatic carbocycles. The maximum Gasteiger partial charge on any atom is 0.268 e. The third-order valence-electron chi connectivity index (χ3n) is 4.97. The lowest BCUT2D eigenvalue weighted by atomic mass is 10.0. The molecule has 0 aliphatic carbocycles. The lowest BCUT2D eigenvalue weighted by Crippen LogP contribution is -2.52. The van der Waals surface area contributed by atoms with Gasteiger partial charge in [-0.15, -0.1) is 0 Å². The van der Waals surface area contributed by atoms with E-state index in [1.165, 1.54) is 12.1 Å². The van der Waals surface area contributed by atoms with Crippen molar-refractivity contribution in [1.29, 1.82) is 0 Å². The second kappa shape index (κ2) is 8.81. The zero-order valence-corrected chi connectivity index (χ0v) is 16.8. The number of carbonyl (C=O) groups is 2. The van der Waals surface area contributed by atoms with Gasteiger partial charge in [-0.3, -0.25) is 9.59 Å². The van der Waals surface area contributed by atoms with Gasteiger partial charge in [-0.1, -0.05) is 23.7 Å². The summed E-state index contributed by atoms with van der Waals surface area (Å²) >= 11 is 5.90. The summed E-state index contributed by atoms with van der Waals surface area (Å²) in [5.74, 6) is -0.992. The average Bonchev–Trinajstić information content (AvgIpc) is 3.18. The van der Waals surface area contributed by atoms with E-state index in [1.807, 2.05) is 0 Å². The van der Waals surface area contributed by atoms with Crippen LogP contribution in [0.2, 0.25) is 5.15 Å². The smallest absolute Gasteiger partial charge is 0.268 e. The summed E-state index contributed by atoms with van der Waals surface area (Å²) in [5, 5.41) is 3.86. The van der Waals surface area contributed by atoms with Crippen molar-refractivity contribution in [3.05, 3.63) is 64.7 Å². The van der Waals surface area contributed by atoms with Gasteiger partial charge in [0.2, 0.25) is 5.91 Å². The molecule has 1 aliphatic rings. The number of H-pyrrole nitrogens is 1. The highest BCUT2D eigenvalue weighted by Gasteiger charge is 2.28. The van der Waals surface area contributed by atoms with Crippen molar-refractivity contribution >= 4 is 34.4 Å². The van der Waals surface area contributed by atoms with Gasteiger partial charge in [-0.05, 0) is 35.9 Å². The van der Waals surface area contributed by atoms with Gasteiger partial charge in [0, 0.05) is 24.9 Å². The molecule has 0 bridgehead atoms. The van der Waals surface area contributed by atoms with Crippen LogP contribution >= 0.6 is 11.6 Å². The molecule has 0 spiro atoms. The van der Waals surface area contributed by atoms with Crippen LogP contribution in [0.15, 0.2) is 42.5 Å². The number of ether oxygens (including phenoxy) is 1. The van der Waals surface area contributed by atoms with Crippen LogP contribution in [0.1, 0.15) is 16.1 Å². The highest BCUT2D eigenvalue weighted by atomic mass is 35.5. The van der Waals surface area contributed by atoms with Crippen LogP contribution in [0.3, 0.4) is 0 Å². The first-order valence-corrected chi connectivity index (χ1v) is 9.94. The van der Waals surface area contributed by atoms with Gasteiger partial charge in [-0.2, -0.15) is 0 Å². The number of hydrogen-bond acceptors (Lipinski definition) is 4. The van der Waals surface area contributed by atoms with Crippen LogP contribution in [0.5, 0.6) is 0 Å². The topological polar surface area (TPSA) is 87.3 Å². The maximum atomic E-state index is 13.3. The second-order valence-corrected chi connectivity index (χ2v) is 7.44. The van der Waals surface area contributed by atoms with Gasteiger partial charge in [0.05, 0.1) is 13.2 Å². The zero-order valence-electron chi connectivity index (χ0n) is 16.0. The first-order valence-electron chi connectivity index (χ1n) is 9.57. The normalized spacial score (nSPS) is 15.2. The fourth-order valence-corrected chi connectivity index (χ4v) is 3.55. The molecule has 1 aliphatic heterocycles. The van der Waals surface area contributed by atoms with Crippen LogP contribution in [0.25, 0.3) is 11.0 Å². The largest absolute Gasteiger partial charge is 0.378 e. The second-order valence-electron chi connectivity index (χ2n) is 7.05. The number of carbonyl (C=O) groups excluding carboxylic acids is 2. The first-order chi connectivity index (χ1) is 14.5. The van der Waals surface area contributed by atoms with Gasteiger partial charge in [0.1, 0.15) is 28.4 Å². The molecule has 156 valence electrons. The molecule has 0 saturated carbocycles. The SMILES string of the molecule is O=C(N[C@@H](Cc1ccc(F)cc1)C(=O)N1CCOCC1)c1cc2ccc(Cl)nc2[nH]1. The van der Waals surface area contributed by atoms with Crippen LogP contribution in [0, 0.1) is 5.82 Å². The van der Waals surface area contributed by atoms with Crippen LogP contribution < -0.4 is 5.32 Å². The quantitative estimate of drug-likeness (QED) is 0.609. The summed E-state index contributed by atoms with van der Waals surface area (Å²) in [6.45, 7) is 1.83. The molecule has 0 radical (unpaired) electrons. The van der Waals surface area contributed by atoms with E-state index in [4.69, 9.17) is 16.3 Å². The minimum Gasteiger partial charge on any atom is -0.378 e. The number of nitrogens with one attached hydrogen (secondary N) is 2. The Kier molecular flexibility index (Phi) is 5.96. The van der Waals surface area contributed by atoms with E-state index in [2.05, 4.69) is 15.3 Å². The van der Waals surface area contributed by atoms with Crippen molar-refractivity contribution in [2.24, 2.45) is 0 Å². The van der Waals surface area contributed by atoms with Crippen LogP contribution in [0.4, 0.5) is 4.39 Å². The molecular weight excluding hydrogens is 411 g/mol. The minimum absolute atomic E-state index is 0.201. The number of nitrogens with zero attached hydrogens (tertiary/aromatic N) is 2. The average molecular weight is 431 g/mol. The van der Waals surface area contributed by atoms with Crippen molar-refractivity contribution < 1.29 is 18.7 Å². The summed E-state index contributed by atoms with van der Waals surface area (Å²) in [6.07, 6.45) is 0.243. The number of aromatic amines is 1. The molecule has 1 fully saturated rings. The van der Waals surface area contributed by atoms with Crippen molar-refractivity contribution in [3.8, 4) is 0 Å². The number of morpholine rings is 1. The number of rotatable bonds is 5. The Morgan fingerprint density at radius 2 is 1.93 bits per heavy atom. The fourth-order valence-electron chi connectivity index (χ4n) is 3.40. The molecule has 1 saturated heterocycles. The molecule has 2 N–H and O–H groups in total. The molecule has 7 nitrogen and oxygen atoms in total. The van der Waals surface area contributed by atoms with Gasteiger partial charge < -0.3 is 19.9 Å². The summed E-state index contributed by atoms with van der Waals surface area (Å²) < 4.78 is 18.6. The van der Waals surface area contributed by atoms with E-state index in [0.29, 0.717) is 37.1 Å². The standard InChI is InChI=1S/C21H20ClFN4O3/c22-18-6-3-14-12-16(24-19(14)26-18)20(28)25-17(11-13-1-4-15(23)5-2-13)21(29)27-7-9-30-10-8-27/h1-6,12,17H,7-11H2,(H,24,26)(H,25,28)/t17-/m0/s1. The van der Waals surface area contributed by atoms with Gasteiger partial charge in [-0.25, -0.2) is 9.37 Å². The molecule has 30 heavy (non-hydrogen) atoms. The number of hydrogen-bond donors (Lipinski definition) is 2. The predicted molar refractivity (Wildman–Crippen MR) is 110 cm³/mol. The molecular formula is C21H20ClFN4O3. The van der Waals surface area contributed by atoms with Crippen molar-refractivity contribution in [2.75, 3.05) is 26.3 Å². The third kappa shape index (κ3) is 4.60. The number of halogens is 2. The van der Waals surface area contributed by atoms with Crippen molar-refractivity contribution in [3.63, 3.8) is 0 Å². The molecule has 2 aromatic heterocycles. The summed E-state index contributed by atoms with van der Waals surface area (Å²) in [5.41, 5.74) is 1.51. The lowest BCUT2D eigenvalue weighted by molar-refractivity contribution is -0.137. The Bertz CT molecular complexity index is 1060. The molecule has 0 unspecified atom stereocenters. The van der Waals surface area contributed by atoms with Crippen molar-refractivity contribution in [1.82, 2.24) is 20.2 Å². The van der Waals surface area contributed by atoms with Crippen LogP contribution in [-0.4, -0.2) is 59.0 Å². The molecule has 3 aromatic rings. The van der Waals surface area contributed by atoms with E-state index >= 15 is 0 Å². The third-order valence-corrected chi connectivity index (χ3v) is 5.18. The molecule has 2 amide bonds. The number of fused-ring (bicyclic) bond motifs is 1. The van der Waals surface area contributed by atoms with Crippen molar-refractivity contribution in [2.45, 2.75) is 12.5 Å². The Labute approximate surface area is 177 Å². The monoisotopic (exact) mass is 430 g/mol. The molecule has 3 heterocycles. The Morgan fingerprint density at radius 1 is 1.20 bits per heavy atom. The molecule has 4 rings (SSSR count). The van der Waals surface area contributed by atoms with Gasteiger partial charge in [0.25, 0.3) is 5.91 Å². The van der Waals surface area contributed by atoms with Gasteiger partial charge in [0.15, 0.2) is 0 Å². The summed E-state index contributed by atoms with van der Waals surface area (Å²) in [4.78, 5) is 34.7. The fraction of sp³-hybridized carbons (Fsp3) is 0.286. The number of pyridine rings is 1. The summed E-state index contributed by atoms with van der Waals surface area (Å²) in [6, 6.07) is 10.1. The van der Waals surface area contributed by atoms with E-state index in [9.17, 15) is 14.0 Å². The first kappa shape index (κ1) is 20.3. The van der Waals surface area contributed by atoms with E-state index in [0.717, 1.165) is 10.9 Å². The zero-order chi connectivity index (χ0) is 21.1. The highest BCUT2D eigenvalue weighted by molar-refractivity contribution is 6.29. The highest BCUT2D eigenvalue weighted by Crippen LogP contribution is 2.17. The predicted octanol–water partition coefficient (Wildman–Crippen LogP) is 2.56. The number of benzene rings is 1. The Morgan fingerprint density at radius 3 is 2.67 bits per heavy atom. The van der Waals surface area contributed by atoms with E-state index < -0.39 is 11.9 Å². The number of aromatic nitrogens is 2. The minimum atomic E-state index is -0.802. The molecule has 9 heteroatoms. The Hall–Kier alpha value is -2.97.